The number of carbonyl (C=O) groups is 1. The zero-order valence-electron chi connectivity index (χ0n) is 8.62. The highest BCUT2D eigenvalue weighted by atomic mass is 16.1. The summed E-state index contributed by atoms with van der Waals surface area (Å²) in [6.45, 7) is 7.58. The van der Waals surface area contributed by atoms with Gasteiger partial charge in [-0.3, -0.25) is 4.79 Å². The fraction of sp³-hybridized carbons (Fsp3) is 0.417. The van der Waals surface area contributed by atoms with E-state index in [0.29, 0.717) is 6.42 Å². The maximum atomic E-state index is 11.5. The van der Waals surface area contributed by atoms with Gasteiger partial charge in [0.25, 0.3) is 0 Å². The predicted octanol–water partition coefficient (Wildman–Crippen LogP) is 2.64. The summed E-state index contributed by atoms with van der Waals surface area (Å²) >= 11 is 0. The first-order chi connectivity index (χ1) is 6.09. The molecular formula is C12H14O. The summed E-state index contributed by atoms with van der Waals surface area (Å²) in [4.78, 5) is 11.5. The minimum absolute atomic E-state index is 0.186. The van der Waals surface area contributed by atoms with E-state index in [2.05, 4.69) is 11.8 Å². The predicted molar refractivity (Wildman–Crippen MR) is 54.1 cm³/mol. The van der Waals surface area contributed by atoms with Crippen molar-refractivity contribution in [2.75, 3.05) is 0 Å². The van der Waals surface area contributed by atoms with Crippen molar-refractivity contribution >= 4 is 5.78 Å². The highest BCUT2D eigenvalue weighted by molar-refractivity contribution is 6.12. The quantitative estimate of drug-likeness (QED) is 0.558. The Hall–Kier alpha value is -1.29. The highest BCUT2D eigenvalue weighted by Crippen LogP contribution is 2.30. The summed E-state index contributed by atoms with van der Waals surface area (Å²) in [6, 6.07) is 0. The minimum atomic E-state index is 0.186. The summed E-state index contributed by atoms with van der Waals surface area (Å²) in [7, 11) is 0. The first-order valence-corrected chi connectivity index (χ1v) is 4.41. The Morgan fingerprint density at radius 2 is 1.69 bits per heavy atom. The molecule has 0 saturated heterocycles. The SMILES string of the molecule is CC#CCC1=C(C)C(=O)C(C)=C1C. The van der Waals surface area contributed by atoms with Gasteiger partial charge < -0.3 is 0 Å². The molecule has 13 heavy (non-hydrogen) atoms. The molecule has 0 saturated carbocycles. The normalized spacial score (nSPS) is 16.5. The third-order valence-electron chi connectivity index (χ3n) is 2.59. The van der Waals surface area contributed by atoms with E-state index in [1.807, 2.05) is 27.7 Å². The minimum Gasteiger partial charge on any atom is -0.289 e. The molecule has 0 amide bonds. The van der Waals surface area contributed by atoms with Crippen molar-refractivity contribution in [1.82, 2.24) is 0 Å². The summed E-state index contributed by atoms with van der Waals surface area (Å²) in [5.74, 6) is 6.03. The van der Waals surface area contributed by atoms with Crippen LogP contribution in [0.2, 0.25) is 0 Å². The number of carbonyl (C=O) groups excluding carboxylic acids is 1. The molecule has 0 fully saturated rings. The average molecular weight is 174 g/mol. The number of Topliss-reactive ketones (excluding diaryl/α,β-unsaturated/α-hetero) is 1. The Bertz CT molecular complexity index is 370. The lowest BCUT2D eigenvalue weighted by Gasteiger charge is -1.99. The van der Waals surface area contributed by atoms with E-state index in [1.54, 1.807) is 0 Å². The van der Waals surface area contributed by atoms with Gasteiger partial charge in [0.15, 0.2) is 5.78 Å². The average Bonchev–Trinajstić information content (AvgIpc) is 2.30. The molecule has 1 rings (SSSR count). The number of ketones is 1. The topological polar surface area (TPSA) is 17.1 Å². The fourth-order valence-corrected chi connectivity index (χ4v) is 1.54. The molecule has 0 unspecified atom stereocenters. The molecule has 0 N–H and O–H groups in total. The molecule has 0 radical (unpaired) electrons. The summed E-state index contributed by atoms with van der Waals surface area (Å²) < 4.78 is 0. The monoisotopic (exact) mass is 174 g/mol. The molecule has 1 nitrogen and oxygen atoms in total. The Morgan fingerprint density at radius 3 is 2.08 bits per heavy atom. The molecule has 68 valence electrons. The molecule has 0 aliphatic heterocycles. The third kappa shape index (κ3) is 1.58. The van der Waals surface area contributed by atoms with Crippen LogP contribution in [-0.4, -0.2) is 5.78 Å². The molecule has 1 aliphatic rings. The van der Waals surface area contributed by atoms with Crippen molar-refractivity contribution in [2.45, 2.75) is 34.1 Å². The van der Waals surface area contributed by atoms with Crippen molar-refractivity contribution in [3.05, 3.63) is 22.3 Å². The van der Waals surface area contributed by atoms with E-state index in [9.17, 15) is 4.79 Å². The van der Waals surface area contributed by atoms with Gasteiger partial charge in [-0.15, -0.1) is 5.92 Å². The van der Waals surface area contributed by atoms with Gasteiger partial charge in [0.05, 0.1) is 0 Å². The Labute approximate surface area is 79.5 Å². The van der Waals surface area contributed by atoms with Crippen LogP contribution in [0.15, 0.2) is 22.3 Å². The molecule has 1 aliphatic carbocycles. The standard InChI is InChI=1S/C12H14O/c1-5-6-7-11-8(2)9(3)12(13)10(11)4/h7H2,1-4H3. The van der Waals surface area contributed by atoms with Crippen molar-refractivity contribution in [3.63, 3.8) is 0 Å². The first kappa shape index (κ1) is 9.80. The van der Waals surface area contributed by atoms with Gasteiger partial charge in [0, 0.05) is 12.0 Å². The van der Waals surface area contributed by atoms with Crippen LogP contribution < -0.4 is 0 Å². The van der Waals surface area contributed by atoms with Gasteiger partial charge in [-0.2, -0.15) is 0 Å². The van der Waals surface area contributed by atoms with Crippen LogP contribution in [0.5, 0.6) is 0 Å². The van der Waals surface area contributed by atoms with Crippen molar-refractivity contribution in [2.24, 2.45) is 0 Å². The number of hydrogen-bond donors (Lipinski definition) is 0. The summed E-state index contributed by atoms with van der Waals surface area (Å²) in [5.41, 5.74) is 3.99. The van der Waals surface area contributed by atoms with Crippen LogP contribution in [0.25, 0.3) is 0 Å². The van der Waals surface area contributed by atoms with E-state index in [-0.39, 0.29) is 5.78 Å². The van der Waals surface area contributed by atoms with Crippen LogP contribution in [0.4, 0.5) is 0 Å². The van der Waals surface area contributed by atoms with E-state index in [1.165, 1.54) is 0 Å². The largest absolute Gasteiger partial charge is 0.289 e. The van der Waals surface area contributed by atoms with Crippen LogP contribution >= 0.6 is 0 Å². The lowest BCUT2D eigenvalue weighted by Crippen LogP contribution is -1.95. The smallest absolute Gasteiger partial charge is 0.185 e. The molecule has 0 heterocycles. The zero-order valence-corrected chi connectivity index (χ0v) is 8.62. The highest BCUT2D eigenvalue weighted by Gasteiger charge is 2.22. The van der Waals surface area contributed by atoms with Gasteiger partial charge in [-0.05, 0) is 44.4 Å². The first-order valence-electron chi connectivity index (χ1n) is 4.41. The number of allylic oxidation sites excluding steroid dienone is 4. The molecule has 0 spiro atoms. The lowest BCUT2D eigenvalue weighted by molar-refractivity contribution is -0.112. The van der Waals surface area contributed by atoms with Gasteiger partial charge in [0.1, 0.15) is 0 Å². The van der Waals surface area contributed by atoms with Crippen molar-refractivity contribution in [3.8, 4) is 11.8 Å². The Balaban J connectivity index is 3.06. The third-order valence-corrected chi connectivity index (χ3v) is 2.59. The summed E-state index contributed by atoms with van der Waals surface area (Å²) in [5, 5.41) is 0. The maximum Gasteiger partial charge on any atom is 0.185 e. The number of hydrogen-bond acceptors (Lipinski definition) is 1. The molecule has 0 aromatic carbocycles. The molecule has 0 atom stereocenters. The van der Waals surface area contributed by atoms with Crippen LogP contribution in [0, 0.1) is 11.8 Å². The second-order valence-corrected chi connectivity index (χ2v) is 3.29. The van der Waals surface area contributed by atoms with E-state index in [4.69, 9.17) is 0 Å². The summed E-state index contributed by atoms with van der Waals surface area (Å²) in [6.07, 6.45) is 0.706. The molecule has 0 aromatic rings. The van der Waals surface area contributed by atoms with E-state index >= 15 is 0 Å². The Kier molecular flexibility index (Phi) is 2.72. The van der Waals surface area contributed by atoms with E-state index in [0.717, 1.165) is 22.3 Å². The van der Waals surface area contributed by atoms with Crippen LogP contribution in [-0.2, 0) is 4.79 Å². The maximum absolute atomic E-state index is 11.5. The molecule has 1 heteroatoms. The van der Waals surface area contributed by atoms with Gasteiger partial charge in [0.2, 0.25) is 0 Å². The second-order valence-electron chi connectivity index (χ2n) is 3.29. The van der Waals surface area contributed by atoms with Crippen LogP contribution in [0.3, 0.4) is 0 Å². The lowest BCUT2D eigenvalue weighted by atomic mass is 10.0. The van der Waals surface area contributed by atoms with Crippen molar-refractivity contribution < 1.29 is 4.79 Å². The van der Waals surface area contributed by atoms with Crippen LogP contribution in [0.1, 0.15) is 34.1 Å². The molecule has 0 aromatic heterocycles. The van der Waals surface area contributed by atoms with Gasteiger partial charge in [-0.1, -0.05) is 5.92 Å². The van der Waals surface area contributed by atoms with E-state index < -0.39 is 0 Å². The second kappa shape index (κ2) is 3.62. The number of rotatable bonds is 1. The molecule has 0 bridgehead atoms. The Morgan fingerprint density at radius 1 is 1.08 bits per heavy atom. The zero-order chi connectivity index (χ0) is 10.0. The molecular weight excluding hydrogens is 160 g/mol. The van der Waals surface area contributed by atoms with Gasteiger partial charge >= 0.3 is 0 Å². The van der Waals surface area contributed by atoms with Crippen molar-refractivity contribution in [1.29, 1.82) is 0 Å². The fourth-order valence-electron chi connectivity index (χ4n) is 1.54. The van der Waals surface area contributed by atoms with Gasteiger partial charge in [-0.25, -0.2) is 0 Å².